The summed E-state index contributed by atoms with van der Waals surface area (Å²) in [5.74, 6) is 0.768. The van der Waals surface area contributed by atoms with Gasteiger partial charge in [0.25, 0.3) is 0 Å². The van der Waals surface area contributed by atoms with E-state index in [1.807, 2.05) is 36.4 Å². The summed E-state index contributed by atoms with van der Waals surface area (Å²) in [4.78, 5) is 0. The zero-order chi connectivity index (χ0) is 12.8. The number of hydrogen-bond donors (Lipinski definition) is 2. The third-order valence-electron chi connectivity index (χ3n) is 3.60. The summed E-state index contributed by atoms with van der Waals surface area (Å²) < 4.78 is 5.53. The highest BCUT2D eigenvalue weighted by atomic mass is 16.6. The van der Waals surface area contributed by atoms with Crippen LogP contribution in [0.2, 0.25) is 0 Å². The summed E-state index contributed by atoms with van der Waals surface area (Å²) in [5, 5.41) is 18.7. The van der Waals surface area contributed by atoms with Gasteiger partial charge in [0.05, 0.1) is 12.9 Å². The van der Waals surface area contributed by atoms with Gasteiger partial charge in [0.15, 0.2) is 6.29 Å². The Balaban J connectivity index is 1.84. The molecule has 1 aromatic carbocycles. The Morgan fingerprint density at radius 2 is 2.06 bits per heavy atom. The minimum absolute atomic E-state index is 0.373. The molecule has 0 aliphatic heterocycles. The molecular formula is C15H20O3. The minimum atomic E-state index is -0.856. The van der Waals surface area contributed by atoms with Crippen LogP contribution in [0.25, 0.3) is 0 Å². The van der Waals surface area contributed by atoms with E-state index in [0.29, 0.717) is 18.4 Å². The minimum Gasteiger partial charge on any atom is -0.516 e. The lowest BCUT2D eigenvalue weighted by Gasteiger charge is -2.19. The van der Waals surface area contributed by atoms with Gasteiger partial charge in [0.1, 0.15) is 0 Å². The molecule has 2 unspecified atom stereocenters. The first-order valence-corrected chi connectivity index (χ1v) is 6.46. The monoisotopic (exact) mass is 248 g/mol. The first-order chi connectivity index (χ1) is 8.81. The summed E-state index contributed by atoms with van der Waals surface area (Å²) in [5.41, 5.74) is 0.782. The highest BCUT2D eigenvalue weighted by Crippen LogP contribution is 2.33. The molecular weight excluding hydrogens is 228 g/mol. The van der Waals surface area contributed by atoms with Crippen LogP contribution in [0, 0.1) is 11.8 Å². The Labute approximate surface area is 108 Å². The van der Waals surface area contributed by atoms with Gasteiger partial charge in [-0.3, -0.25) is 0 Å². The van der Waals surface area contributed by atoms with E-state index < -0.39 is 6.29 Å². The second kappa shape index (κ2) is 6.57. The van der Waals surface area contributed by atoms with Crippen LogP contribution in [-0.2, 0) is 4.74 Å². The predicted octanol–water partition coefficient (Wildman–Crippen LogP) is 3.18. The summed E-state index contributed by atoms with van der Waals surface area (Å²) >= 11 is 0. The molecule has 1 aliphatic rings. The average molecular weight is 248 g/mol. The van der Waals surface area contributed by atoms with Crippen LogP contribution in [0.5, 0.6) is 0 Å². The van der Waals surface area contributed by atoms with Gasteiger partial charge in [-0.05, 0) is 30.8 Å². The molecule has 3 atom stereocenters. The van der Waals surface area contributed by atoms with Crippen molar-refractivity contribution in [1.29, 1.82) is 0 Å². The summed E-state index contributed by atoms with van der Waals surface area (Å²) in [6, 6.07) is 9.38. The Kier molecular flexibility index (Phi) is 4.79. The third kappa shape index (κ3) is 3.34. The highest BCUT2D eigenvalue weighted by Gasteiger charge is 2.26. The molecule has 0 radical (unpaired) electrons. The standard InChI is InChI=1S/C15H20O3/c16-10-9-12-7-4-8-14(12)11-18-15(17)13-5-2-1-3-6-13/h1-3,5-6,9-10,12,14-17H,4,7-8,11H2/b10-9-/t12-,14?,15?/m0/s1. The molecule has 98 valence electrons. The second-order valence-electron chi connectivity index (χ2n) is 4.79. The third-order valence-corrected chi connectivity index (χ3v) is 3.60. The number of allylic oxidation sites excluding steroid dienone is 1. The van der Waals surface area contributed by atoms with Gasteiger partial charge in [-0.15, -0.1) is 0 Å². The first-order valence-electron chi connectivity index (χ1n) is 6.46. The van der Waals surface area contributed by atoms with Crippen LogP contribution in [0.15, 0.2) is 42.7 Å². The van der Waals surface area contributed by atoms with Crippen molar-refractivity contribution >= 4 is 0 Å². The van der Waals surface area contributed by atoms with E-state index in [9.17, 15) is 5.11 Å². The van der Waals surface area contributed by atoms with Gasteiger partial charge in [0.2, 0.25) is 0 Å². The highest BCUT2D eigenvalue weighted by molar-refractivity contribution is 5.15. The lowest BCUT2D eigenvalue weighted by Crippen LogP contribution is -2.15. The molecule has 0 spiro atoms. The molecule has 3 heteroatoms. The van der Waals surface area contributed by atoms with Crippen LogP contribution in [0.1, 0.15) is 31.1 Å². The van der Waals surface area contributed by atoms with E-state index in [1.165, 1.54) is 0 Å². The smallest absolute Gasteiger partial charge is 0.181 e. The predicted molar refractivity (Wildman–Crippen MR) is 70.0 cm³/mol. The summed E-state index contributed by atoms with van der Waals surface area (Å²) in [6.07, 6.45) is 5.44. The van der Waals surface area contributed by atoms with Crippen molar-refractivity contribution in [3.63, 3.8) is 0 Å². The number of aliphatic hydroxyl groups is 2. The fraction of sp³-hybridized carbons (Fsp3) is 0.467. The van der Waals surface area contributed by atoms with Crippen LogP contribution in [-0.4, -0.2) is 16.8 Å². The van der Waals surface area contributed by atoms with Gasteiger partial charge < -0.3 is 14.9 Å². The Hall–Kier alpha value is -1.32. The van der Waals surface area contributed by atoms with Crippen molar-refractivity contribution < 1.29 is 14.9 Å². The topological polar surface area (TPSA) is 49.7 Å². The van der Waals surface area contributed by atoms with E-state index in [2.05, 4.69) is 0 Å². The van der Waals surface area contributed by atoms with Gasteiger partial charge in [-0.25, -0.2) is 0 Å². The maximum atomic E-state index is 9.91. The van der Waals surface area contributed by atoms with Gasteiger partial charge in [-0.1, -0.05) is 36.8 Å². The van der Waals surface area contributed by atoms with E-state index in [0.717, 1.165) is 31.1 Å². The van der Waals surface area contributed by atoms with E-state index in [4.69, 9.17) is 9.84 Å². The van der Waals surface area contributed by atoms with Crippen LogP contribution in [0.3, 0.4) is 0 Å². The quantitative estimate of drug-likeness (QED) is 0.621. The molecule has 2 rings (SSSR count). The van der Waals surface area contributed by atoms with E-state index in [-0.39, 0.29) is 0 Å². The zero-order valence-corrected chi connectivity index (χ0v) is 10.4. The molecule has 0 aromatic heterocycles. The molecule has 1 saturated carbocycles. The van der Waals surface area contributed by atoms with Crippen molar-refractivity contribution in [1.82, 2.24) is 0 Å². The van der Waals surface area contributed by atoms with Crippen molar-refractivity contribution in [3.05, 3.63) is 48.2 Å². The number of rotatable bonds is 5. The fourth-order valence-corrected chi connectivity index (χ4v) is 2.56. The normalized spacial score (nSPS) is 25.6. The van der Waals surface area contributed by atoms with Crippen molar-refractivity contribution in [3.8, 4) is 0 Å². The molecule has 1 fully saturated rings. The summed E-state index contributed by atoms with van der Waals surface area (Å²) in [7, 11) is 0. The SMILES string of the molecule is O/C=C\[C@@H]1CCCC1COC(O)c1ccccc1. The number of ether oxygens (including phenoxy) is 1. The Morgan fingerprint density at radius 1 is 1.28 bits per heavy atom. The summed E-state index contributed by atoms with van der Waals surface area (Å²) in [6.45, 7) is 0.533. The van der Waals surface area contributed by atoms with Crippen LogP contribution < -0.4 is 0 Å². The van der Waals surface area contributed by atoms with Gasteiger partial charge >= 0.3 is 0 Å². The Morgan fingerprint density at radius 3 is 2.78 bits per heavy atom. The molecule has 0 heterocycles. The average Bonchev–Trinajstić information content (AvgIpc) is 2.85. The molecule has 18 heavy (non-hydrogen) atoms. The lowest BCUT2D eigenvalue weighted by molar-refractivity contribution is -0.115. The van der Waals surface area contributed by atoms with Gasteiger partial charge in [-0.2, -0.15) is 0 Å². The molecule has 1 aromatic rings. The second-order valence-corrected chi connectivity index (χ2v) is 4.79. The zero-order valence-electron chi connectivity index (χ0n) is 10.4. The number of benzene rings is 1. The van der Waals surface area contributed by atoms with Gasteiger partial charge in [0, 0.05) is 5.56 Å². The van der Waals surface area contributed by atoms with Crippen molar-refractivity contribution in [2.75, 3.05) is 6.61 Å². The molecule has 2 N–H and O–H groups in total. The number of aliphatic hydroxyl groups excluding tert-OH is 2. The fourth-order valence-electron chi connectivity index (χ4n) is 2.56. The van der Waals surface area contributed by atoms with Crippen molar-refractivity contribution in [2.45, 2.75) is 25.6 Å². The van der Waals surface area contributed by atoms with Crippen molar-refractivity contribution in [2.24, 2.45) is 11.8 Å². The van der Waals surface area contributed by atoms with Crippen LogP contribution >= 0.6 is 0 Å². The maximum absolute atomic E-state index is 9.91. The maximum Gasteiger partial charge on any atom is 0.181 e. The van der Waals surface area contributed by atoms with E-state index in [1.54, 1.807) is 0 Å². The largest absolute Gasteiger partial charge is 0.516 e. The molecule has 3 nitrogen and oxygen atoms in total. The Bertz CT molecular complexity index is 375. The van der Waals surface area contributed by atoms with Crippen LogP contribution in [0.4, 0.5) is 0 Å². The molecule has 1 aliphatic carbocycles. The lowest BCUT2D eigenvalue weighted by atomic mass is 9.97. The molecule has 0 amide bonds. The first kappa shape index (κ1) is 13.1. The molecule has 0 saturated heterocycles. The van der Waals surface area contributed by atoms with E-state index >= 15 is 0 Å². The number of hydrogen-bond acceptors (Lipinski definition) is 3. The molecule has 0 bridgehead atoms.